The maximum Gasteiger partial charge on any atom is 0.255 e. The quantitative estimate of drug-likeness (QED) is 0.788. The molecular formula is C14H15FN2OS. The molecule has 19 heavy (non-hydrogen) atoms. The zero-order valence-electron chi connectivity index (χ0n) is 10.5. The third-order valence-electron chi connectivity index (χ3n) is 2.84. The highest BCUT2D eigenvalue weighted by Gasteiger charge is 2.20. The Bertz CT molecular complexity index is 530. The second-order valence-corrected chi connectivity index (χ2v) is 5.33. The van der Waals surface area contributed by atoms with Gasteiger partial charge in [-0.15, -0.1) is 0 Å². The molecule has 100 valence electrons. The Hall–Kier alpha value is -1.51. The second-order valence-electron chi connectivity index (χ2n) is 4.10. The molecule has 0 aromatic heterocycles. The molecule has 1 aliphatic rings. The van der Waals surface area contributed by atoms with Gasteiger partial charge in [-0.2, -0.15) is 11.8 Å². The van der Waals surface area contributed by atoms with Crippen molar-refractivity contribution < 1.29 is 9.18 Å². The van der Waals surface area contributed by atoms with E-state index in [1.807, 2.05) is 11.8 Å². The van der Waals surface area contributed by atoms with Crippen molar-refractivity contribution in [3.63, 3.8) is 0 Å². The highest BCUT2D eigenvalue weighted by Crippen LogP contribution is 2.16. The summed E-state index contributed by atoms with van der Waals surface area (Å²) in [6, 6.07) is 4.08. The summed E-state index contributed by atoms with van der Waals surface area (Å²) in [5, 5.41) is 0. The Morgan fingerprint density at radius 3 is 2.84 bits per heavy atom. The topological polar surface area (TPSA) is 46.3 Å². The van der Waals surface area contributed by atoms with E-state index in [0.717, 1.165) is 24.6 Å². The van der Waals surface area contributed by atoms with E-state index < -0.39 is 5.82 Å². The van der Waals surface area contributed by atoms with Crippen LogP contribution >= 0.6 is 11.8 Å². The molecule has 0 saturated carbocycles. The lowest BCUT2D eigenvalue weighted by atomic mass is 10.1. The van der Waals surface area contributed by atoms with Crippen LogP contribution in [0.5, 0.6) is 0 Å². The average Bonchev–Trinajstić information content (AvgIpc) is 2.45. The van der Waals surface area contributed by atoms with Gasteiger partial charge in [0.25, 0.3) is 5.91 Å². The van der Waals surface area contributed by atoms with E-state index in [1.54, 1.807) is 4.90 Å². The van der Waals surface area contributed by atoms with Crippen molar-refractivity contribution in [3.05, 3.63) is 35.1 Å². The molecule has 1 amide bonds. The molecular weight excluding hydrogens is 263 g/mol. The fourth-order valence-electron chi connectivity index (χ4n) is 1.89. The number of nitrogens with two attached hydrogens (primary N) is 1. The van der Waals surface area contributed by atoms with Crippen LogP contribution in [-0.4, -0.2) is 41.9 Å². The molecule has 2 rings (SSSR count). The van der Waals surface area contributed by atoms with Gasteiger partial charge in [-0.3, -0.25) is 4.79 Å². The van der Waals surface area contributed by atoms with E-state index in [4.69, 9.17) is 5.73 Å². The van der Waals surface area contributed by atoms with Crippen LogP contribution in [-0.2, 0) is 0 Å². The average molecular weight is 278 g/mol. The van der Waals surface area contributed by atoms with Crippen molar-refractivity contribution in [1.29, 1.82) is 0 Å². The van der Waals surface area contributed by atoms with Gasteiger partial charge >= 0.3 is 0 Å². The summed E-state index contributed by atoms with van der Waals surface area (Å²) in [6.45, 7) is 1.64. The van der Waals surface area contributed by atoms with Crippen LogP contribution in [0, 0.1) is 17.7 Å². The van der Waals surface area contributed by atoms with Crippen LogP contribution in [0.25, 0.3) is 0 Å². The Balaban J connectivity index is 2.29. The molecule has 1 aromatic rings. The minimum atomic E-state index is -0.396. The van der Waals surface area contributed by atoms with Crippen molar-refractivity contribution in [2.75, 3.05) is 31.1 Å². The van der Waals surface area contributed by atoms with Gasteiger partial charge in [0.2, 0.25) is 0 Å². The standard InChI is InChI=1S/C14H15FN2OS/c15-12-3-4-13(11(10-12)2-1-5-16)14(18)17-6-8-19-9-7-17/h3-4,10H,5-9,16H2. The maximum absolute atomic E-state index is 13.3. The fraction of sp³-hybridized carbons (Fsp3) is 0.357. The number of carbonyl (C=O) groups is 1. The lowest BCUT2D eigenvalue weighted by Gasteiger charge is -2.26. The van der Waals surface area contributed by atoms with Crippen LogP contribution in [0.15, 0.2) is 18.2 Å². The molecule has 2 N–H and O–H groups in total. The second kappa shape index (κ2) is 6.60. The largest absolute Gasteiger partial charge is 0.337 e. The van der Waals surface area contributed by atoms with E-state index >= 15 is 0 Å². The van der Waals surface area contributed by atoms with Crippen molar-refractivity contribution >= 4 is 17.7 Å². The molecule has 1 heterocycles. The van der Waals surface area contributed by atoms with Gasteiger partial charge in [0.15, 0.2) is 0 Å². The van der Waals surface area contributed by atoms with Crippen LogP contribution in [0.2, 0.25) is 0 Å². The molecule has 1 saturated heterocycles. The minimum Gasteiger partial charge on any atom is -0.337 e. The first kappa shape index (κ1) is 13.9. The van der Waals surface area contributed by atoms with E-state index in [0.29, 0.717) is 11.1 Å². The smallest absolute Gasteiger partial charge is 0.255 e. The first-order valence-electron chi connectivity index (χ1n) is 6.08. The summed E-state index contributed by atoms with van der Waals surface area (Å²) in [7, 11) is 0. The summed E-state index contributed by atoms with van der Waals surface area (Å²) >= 11 is 1.83. The monoisotopic (exact) mass is 278 g/mol. The maximum atomic E-state index is 13.3. The number of thioether (sulfide) groups is 1. The normalized spacial score (nSPS) is 14.7. The summed E-state index contributed by atoms with van der Waals surface area (Å²) in [5.41, 5.74) is 6.18. The Kier molecular flexibility index (Phi) is 4.83. The zero-order chi connectivity index (χ0) is 13.7. The molecule has 0 aliphatic carbocycles. The molecule has 0 spiro atoms. The van der Waals surface area contributed by atoms with Gasteiger partial charge in [0.1, 0.15) is 5.82 Å². The number of halogens is 1. The van der Waals surface area contributed by atoms with E-state index in [1.165, 1.54) is 18.2 Å². The van der Waals surface area contributed by atoms with Crippen molar-refractivity contribution in [1.82, 2.24) is 4.90 Å². The Labute approximate surface area is 116 Å². The highest BCUT2D eigenvalue weighted by atomic mass is 32.2. The van der Waals surface area contributed by atoms with Crippen molar-refractivity contribution in [2.24, 2.45) is 5.73 Å². The number of nitrogens with zero attached hydrogens (tertiary/aromatic N) is 1. The lowest BCUT2D eigenvalue weighted by Crippen LogP contribution is -2.38. The third-order valence-corrected chi connectivity index (χ3v) is 3.78. The Morgan fingerprint density at radius 2 is 2.16 bits per heavy atom. The number of carbonyl (C=O) groups excluding carboxylic acids is 1. The van der Waals surface area contributed by atoms with E-state index in [-0.39, 0.29) is 12.5 Å². The highest BCUT2D eigenvalue weighted by molar-refractivity contribution is 7.99. The predicted molar refractivity (Wildman–Crippen MR) is 75.6 cm³/mol. The SMILES string of the molecule is NCC#Cc1cc(F)ccc1C(=O)N1CCSCC1. The number of hydrogen-bond acceptors (Lipinski definition) is 3. The number of rotatable bonds is 1. The zero-order valence-corrected chi connectivity index (χ0v) is 11.3. The van der Waals surface area contributed by atoms with Gasteiger partial charge in [-0.25, -0.2) is 4.39 Å². The molecule has 0 radical (unpaired) electrons. The van der Waals surface area contributed by atoms with Crippen LogP contribution < -0.4 is 5.73 Å². The summed E-state index contributed by atoms with van der Waals surface area (Å²) in [6.07, 6.45) is 0. The number of benzene rings is 1. The van der Waals surface area contributed by atoms with Gasteiger partial charge in [0.05, 0.1) is 12.1 Å². The summed E-state index contributed by atoms with van der Waals surface area (Å²) in [5.74, 6) is 6.84. The van der Waals surface area contributed by atoms with Crippen molar-refractivity contribution in [3.8, 4) is 11.8 Å². The van der Waals surface area contributed by atoms with Crippen molar-refractivity contribution in [2.45, 2.75) is 0 Å². The van der Waals surface area contributed by atoms with Gasteiger partial charge in [0, 0.05) is 30.2 Å². The fourth-order valence-corrected chi connectivity index (χ4v) is 2.79. The van der Waals surface area contributed by atoms with Gasteiger partial charge in [-0.1, -0.05) is 11.8 Å². The summed E-state index contributed by atoms with van der Waals surface area (Å²) < 4.78 is 13.3. The van der Waals surface area contributed by atoms with Crippen LogP contribution in [0.1, 0.15) is 15.9 Å². The van der Waals surface area contributed by atoms with Crippen LogP contribution in [0.4, 0.5) is 4.39 Å². The first-order chi connectivity index (χ1) is 9.22. The lowest BCUT2D eigenvalue weighted by molar-refractivity contribution is 0.0772. The predicted octanol–water partition coefficient (Wildman–Crippen LogP) is 1.32. The number of hydrogen-bond donors (Lipinski definition) is 1. The van der Waals surface area contributed by atoms with E-state index in [2.05, 4.69) is 11.8 Å². The first-order valence-corrected chi connectivity index (χ1v) is 7.23. The molecule has 1 aliphatic heterocycles. The molecule has 0 unspecified atom stereocenters. The van der Waals surface area contributed by atoms with Gasteiger partial charge < -0.3 is 10.6 Å². The van der Waals surface area contributed by atoms with Crippen LogP contribution in [0.3, 0.4) is 0 Å². The minimum absolute atomic E-state index is 0.0818. The third kappa shape index (κ3) is 3.49. The molecule has 3 nitrogen and oxygen atoms in total. The molecule has 0 bridgehead atoms. The van der Waals surface area contributed by atoms with Gasteiger partial charge in [-0.05, 0) is 18.2 Å². The molecule has 0 atom stereocenters. The molecule has 5 heteroatoms. The molecule has 1 aromatic carbocycles. The summed E-state index contributed by atoms with van der Waals surface area (Å²) in [4.78, 5) is 14.2. The molecule has 1 fully saturated rings. The Morgan fingerprint density at radius 1 is 1.42 bits per heavy atom. The number of amides is 1. The van der Waals surface area contributed by atoms with E-state index in [9.17, 15) is 9.18 Å².